The van der Waals surface area contributed by atoms with Gasteiger partial charge in [-0.2, -0.15) is 0 Å². The lowest BCUT2D eigenvalue weighted by molar-refractivity contribution is 0.178. The maximum atomic E-state index is 12.6. The molecular formula is C20H31N3O. The van der Waals surface area contributed by atoms with E-state index < -0.39 is 0 Å². The number of nitrogens with one attached hydrogen (secondary N) is 2. The number of carbonyl (C=O) groups is 1. The minimum Gasteiger partial charge on any atom is -0.334 e. The summed E-state index contributed by atoms with van der Waals surface area (Å²) in [4.78, 5) is 15.2. The van der Waals surface area contributed by atoms with E-state index in [0.717, 1.165) is 19.4 Å². The molecule has 2 amide bonds. The van der Waals surface area contributed by atoms with Gasteiger partial charge in [0.05, 0.1) is 6.04 Å². The summed E-state index contributed by atoms with van der Waals surface area (Å²) in [6, 6.07) is 11.2. The third-order valence-electron chi connectivity index (χ3n) is 5.39. The maximum absolute atomic E-state index is 12.6. The molecule has 0 spiro atoms. The van der Waals surface area contributed by atoms with Gasteiger partial charge in [0, 0.05) is 18.6 Å². The summed E-state index contributed by atoms with van der Waals surface area (Å²) in [6.45, 7) is 6.73. The number of hydrogen-bond donors (Lipinski definition) is 2. The Hall–Kier alpha value is -1.55. The summed E-state index contributed by atoms with van der Waals surface area (Å²) in [5, 5.41) is 6.48. The smallest absolute Gasteiger partial charge is 0.315 e. The molecule has 3 unspecified atom stereocenters. The summed E-state index contributed by atoms with van der Waals surface area (Å²) in [5.74, 6) is 0.538. The summed E-state index contributed by atoms with van der Waals surface area (Å²) >= 11 is 0. The normalized spacial score (nSPS) is 25.3. The van der Waals surface area contributed by atoms with Crippen LogP contribution in [0.1, 0.15) is 57.6 Å². The highest BCUT2D eigenvalue weighted by Crippen LogP contribution is 2.27. The molecule has 24 heavy (non-hydrogen) atoms. The number of piperidine rings is 1. The quantitative estimate of drug-likeness (QED) is 0.865. The van der Waals surface area contributed by atoms with Crippen LogP contribution in [0.5, 0.6) is 0 Å². The van der Waals surface area contributed by atoms with Gasteiger partial charge in [0.25, 0.3) is 0 Å². The Kier molecular flexibility index (Phi) is 5.77. The van der Waals surface area contributed by atoms with Crippen molar-refractivity contribution < 1.29 is 4.79 Å². The molecule has 2 aliphatic heterocycles. The number of fused-ring (bicyclic) bond motifs is 1. The largest absolute Gasteiger partial charge is 0.334 e. The molecule has 3 rings (SSSR count). The van der Waals surface area contributed by atoms with Crippen LogP contribution in [-0.2, 0) is 0 Å². The van der Waals surface area contributed by atoms with Crippen LogP contribution in [0.25, 0.3) is 0 Å². The van der Waals surface area contributed by atoms with Crippen molar-refractivity contribution in [1.29, 1.82) is 0 Å². The molecule has 0 aromatic heterocycles. The first kappa shape index (κ1) is 17.3. The molecule has 1 aromatic rings. The van der Waals surface area contributed by atoms with E-state index in [1.165, 1.54) is 31.4 Å². The van der Waals surface area contributed by atoms with Crippen molar-refractivity contribution in [1.82, 2.24) is 15.5 Å². The molecule has 0 saturated carbocycles. The molecule has 2 fully saturated rings. The second kappa shape index (κ2) is 8.02. The summed E-state index contributed by atoms with van der Waals surface area (Å²) in [7, 11) is 0. The van der Waals surface area contributed by atoms with E-state index >= 15 is 0 Å². The summed E-state index contributed by atoms with van der Waals surface area (Å²) in [5.41, 5.74) is 1.19. The average Bonchev–Trinajstić information content (AvgIpc) is 2.98. The van der Waals surface area contributed by atoms with Gasteiger partial charge in [0.2, 0.25) is 0 Å². The Morgan fingerprint density at radius 3 is 2.71 bits per heavy atom. The third kappa shape index (κ3) is 4.29. The second-order valence-electron chi connectivity index (χ2n) is 7.70. The lowest BCUT2D eigenvalue weighted by Crippen LogP contribution is -2.50. The zero-order valence-corrected chi connectivity index (χ0v) is 15.0. The minimum atomic E-state index is -0.0121. The van der Waals surface area contributed by atoms with Gasteiger partial charge in [-0.1, -0.05) is 50.6 Å². The fraction of sp³-hybridized carbons (Fsp3) is 0.650. The lowest BCUT2D eigenvalue weighted by Gasteiger charge is -2.33. The molecule has 0 bridgehead atoms. The number of hydrogen-bond acceptors (Lipinski definition) is 2. The molecule has 4 nitrogen and oxygen atoms in total. The number of nitrogens with zero attached hydrogens (tertiary/aromatic N) is 1. The van der Waals surface area contributed by atoms with Gasteiger partial charge in [-0.15, -0.1) is 0 Å². The Morgan fingerprint density at radius 1 is 1.17 bits per heavy atom. The van der Waals surface area contributed by atoms with Crippen molar-refractivity contribution in [3.05, 3.63) is 35.9 Å². The molecule has 2 saturated heterocycles. The van der Waals surface area contributed by atoms with Gasteiger partial charge in [-0.25, -0.2) is 4.79 Å². The molecule has 2 N–H and O–H groups in total. The third-order valence-corrected chi connectivity index (χ3v) is 5.39. The highest BCUT2D eigenvalue weighted by molar-refractivity contribution is 5.75. The second-order valence-corrected chi connectivity index (χ2v) is 7.70. The van der Waals surface area contributed by atoms with Gasteiger partial charge in [0.15, 0.2) is 0 Å². The Balaban J connectivity index is 1.59. The van der Waals surface area contributed by atoms with Crippen LogP contribution in [0.3, 0.4) is 0 Å². The zero-order valence-electron chi connectivity index (χ0n) is 15.0. The van der Waals surface area contributed by atoms with E-state index in [1.54, 1.807) is 0 Å². The van der Waals surface area contributed by atoms with Gasteiger partial charge in [0.1, 0.15) is 0 Å². The molecule has 132 valence electrons. The van der Waals surface area contributed by atoms with E-state index in [9.17, 15) is 4.79 Å². The minimum absolute atomic E-state index is 0.0121. The van der Waals surface area contributed by atoms with E-state index in [-0.39, 0.29) is 12.1 Å². The van der Waals surface area contributed by atoms with E-state index in [4.69, 9.17) is 0 Å². The average molecular weight is 329 g/mol. The topological polar surface area (TPSA) is 44.4 Å². The number of carbonyl (C=O) groups excluding carboxylic acids is 1. The Morgan fingerprint density at radius 2 is 1.96 bits per heavy atom. The fourth-order valence-corrected chi connectivity index (χ4v) is 4.22. The highest BCUT2D eigenvalue weighted by Gasteiger charge is 2.36. The predicted molar refractivity (Wildman–Crippen MR) is 97.9 cm³/mol. The van der Waals surface area contributed by atoms with E-state index in [2.05, 4.69) is 41.5 Å². The molecule has 0 aliphatic carbocycles. The van der Waals surface area contributed by atoms with Gasteiger partial charge >= 0.3 is 6.03 Å². The van der Waals surface area contributed by atoms with Crippen LogP contribution in [-0.4, -0.2) is 36.1 Å². The van der Waals surface area contributed by atoms with E-state index in [1.807, 2.05) is 18.2 Å². The standard InChI is InChI=1S/C20H31N3O/c1-15(2)14-18(16-8-4-3-5-9-16)22-20(24)21-17-11-13-23-12-7-6-10-19(17)23/h3-5,8-9,15,17-19H,6-7,10-14H2,1-2H3,(H2,21,22,24). The van der Waals surface area contributed by atoms with Gasteiger partial charge < -0.3 is 10.6 Å². The first-order valence-electron chi connectivity index (χ1n) is 9.49. The monoisotopic (exact) mass is 329 g/mol. The lowest BCUT2D eigenvalue weighted by atomic mass is 9.97. The summed E-state index contributed by atoms with van der Waals surface area (Å²) in [6.07, 6.45) is 5.86. The number of rotatable bonds is 5. The van der Waals surface area contributed by atoms with Crippen LogP contribution in [0.2, 0.25) is 0 Å². The maximum Gasteiger partial charge on any atom is 0.315 e. The molecule has 1 aromatic carbocycles. The van der Waals surface area contributed by atoms with Crippen LogP contribution in [0.15, 0.2) is 30.3 Å². The van der Waals surface area contributed by atoms with Crippen molar-refractivity contribution in [3.8, 4) is 0 Å². The molecule has 0 radical (unpaired) electrons. The fourth-order valence-electron chi connectivity index (χ4n) is 4.22. The first-order chi connectivity index (χ1) is 11.6. The van der Waals surface area contributed by atoms with Crippen LogP contribution in [0.4, 0.5) is 4.79 Å². The van der Waals surface area contributed by atoms with E-state index in [0.29, 0.717) is 18.0 Å². The molecular weight excluding hydrogens is 298 g/mol. The number of amides is 2. The molecule has 4 heteroatoms. The SMILES string of the molecule is CC(C)CC(NC(=O)NC1CCN2CCCCC12)c1ccccc1. The molecule has 2 heterocycles. The van der Waals surface area contributed by atoms with Gasteiger partial charge in [-0.3, -0.25) is 4.90 Å². The predicted octanol–water partition coefficient (Wildman–Crippen LogP) is 3.70. The zero-order chi connectivity index (χ0) is 16.9. The van der Waals surface area contributed by atoms with Crippen molar-refractivity contribution in [2.45, 2.75) is 64.1 Å². The first-order valence-corrected chi connectivity index (χ1v) is 9.49. The van der Waals surface area contributed by atoms with Crippen LogP contribution >= 0.6 is 0 Å². The Bertz CT molecular complexity index is 531. The Labute approximate surface area is 146 Å². The summed E-state index contributed by atoms with van der Waals surface area (Å²) < 4.78 is 0. The number of benzene rings is 1. The van der Waals surface area contributed by atoms with Crippen molar-refractivity contribution in [3.63, 3.8) is 0 Å². The van der Waals surface area contributed by atoms with Gasteiger partial charge in [-0.05, 0) is 43.7 Å². The highest BCUT2D eigenvalue weighted by atomic mass is 16.2. The van der Waals surface area contributed by atoms with Crippen LogP contribution < -0.4 is 10.6 Å². The van der Waals surface area contributed by atoms with Crippen molar-refractivity contribution >= 4 is 6.03 Å². The van der Waals surface area contributed by atoms with Crippen molar-refractivity contribution in [2.24, 2.45) is 5.92 Å². The van der Waals surface area contributed by atoms with Crippen molar-refractivity contribution in [2.75, 3.05) is 13.1 Å². The molecule has 3 atom stereocenters. The van der Waals surface area contributed by atoms with Crippen LogP contribution in [0, 0.1) is 5.92 Å². The molecule has 2 aliphatic rings. The number of urea groups is 1.